The molecular weight excluding hydrogens is 245 g/mol. The van der Waals surface area contributed by atoms with E-state index in [4.69, 9.17) is 0 Å². The number of nitrogens with one attached hydrogen (secondary N) is 1. The molecule has 1 aromatic carbocycles. The zero-order valence-corrected chi connectivity index (χ0v) is 11.1. The minimum atomic E-state index is -0.955. The van der Waals surface area contributed by atoms with Crippen LogP contribution in [0.3, 0.4) is 0 Å². The molecule has 0 bridgehead atoms. The Hall–Kier alpha value is -1.42. The molecule has 2 rings (SSSR count). The summed E-state index contributed by atoms with van der Waals surface area (Å²) in [5.74, 6) is -0.894. The minimum absolute atomic E-state index is 0.193. The van der Waals surface area contributed by atoms with Crippen molar-refractivity contribution >= 4 is 5.97 Å². The molecule has 0 heterocycles. The number of aliphatic carboxylic acids is 1. The number of carboxylic acid groups (broad SMARTS) is 1. The van der Waals surface area contributed by atoms with Crippen LogP contribution in [-0.2, 0) is 4.79 Å². The summed E-state index contributed by atoms with van der Waals surface area (Å²) in [5, 5.41) is 12.5. The monoisotopic (exact) mass is 265 g/mol. The maximum atomic E-state index is 13.2. The van der Waals surface area contributed by atoms with Gasteiger partial charge in [-0.15, -0.1) is 0 Å². The van der Waals surface area contributed by atoms with Gasteiger partial charge in [-0.1, -0.05) is 31.9 Å². The first kappa shape index (κ1) is 14.0. The first-order valence-electron chi connectivity index (χ1n) is 6.82. The Morgan fingerprint density at radius 2 is 2.16 bits per heavy atom. The van der Waals surface area contributed by atoms with Crippen LogP contribution in [-0.4, -0.2) is 17.1 Å². The number of benzene rings is 1. The molecule has 3 unspecified atom stereocenters. The highest BCUT2D eigenvalue weighted by Crippen LogP contribution is 2.26. The van der Waals surface area contributed by atoms with Crippen molar-refractivity contribution in [2.24, 2.45) is 5.92 Å². The molecule has 0 radical (unpaired) electrons. The molecule has 104 valence electrons. The summed E-state index contributed by atoms with van der Waals surface area (Å²) in [6.45, 7) is 2.14. The van der Waals surface area contributed by atoms with Crippen LogP contribution in [0.15, 0.2) is 24.3 Å². The molecule has 3 atom stereocenters. The van der Waals surface area contributed by atoms with Gasteiger partial charge in [0.1, 0.15) is 11.9 Å². The largest absolute Gasteiger partial charge is 0.480 e. The van der Waals surface area contributed by atoms with Crippen LogP contribution in [0, 0.1) is 11.7 Å². The van der Waals surface area contributed by atoms with E-state index in [2.05, 4.69) is 12.2 Å². The SMILES string of the molecule is CC1CCCCC1NC(C(=O)O)c1cccc(F)c1. The lowest BCUT2D eigenvalue weighted by Crippen LogP contribution is -2.42. The van der Waals surface area contributed by atoms with Crippen molar-refractivity contribution in [3.63, 3.8) is 0 Å². The Labute approximate surface area is 112 Å². The lowest BCUT2D eigenvalue weighted by molar-refractivity contribution is -0.140. The molecule has 0 saturated heterocycles. The Kier molecular flexibility index (Phi) is 4.53. The summed E-state index contributed by atoms with van der Waals surface area (Å²) >= 11 is 0. The number of hydrogen-bond donors (Lipinski definition) is 2. The topological polar surface area (TPSA) is 49.3 Å². The third-order valence-corrected chi connectivity index (χ3v) is 3.92. The van der Waals surface area contributed by atoms with Crippen molar-refractivity contribution in [2.75, 3.05) is 0 Å². The van der Waals surface area contributed by atoms with E-state index >= 15 is 0 Å². The Morgan fingerprint density at radius 3 is 2.79 bits per heavy atom. The Balaban J connectivity index is 2.14. The molecule has 1 saturated carbocycles. The van der Waals surface area contributed by atoms with Gasteiger partial charge in [-0.05, 0) is 36.5 Å². The first-order valence-corrected chi connectivity index (χ1v) is 6.82. The predicted molar refractivity (Wildman–Crippen MR) is 71.3 cm³/mol. The van der Waals surface area contributed by atoms with Crippen molar-refractivity contribution in [2.45, 2.75) is 44.7 Å². The summed E-state index contributed by atoms with van der Waals surface area (Å²) in [6.07, 6.45) is 4.43. The van der Waals surface area contributed by atoms with Gasteiger partial charge in [-0.3, -0.25) is 10.1 Å². The number of carboxylic acids is 1. The number of rotatable bonds is 4. The average molecular weight is 265 g/mol. The fourth-order valence-electron chi connectivity index (χ4n) is 2.77. The van der Waals surface area contributed by atoms with E-state index in [1.54, 1.807) is 12.1 Å². The van der Waals surface area contributed by atoms with Gasteiger partial charge in [0.25, 0.3) is 0 Å². The quantitative estimate of drug-likeness (QED) is 0.879. The molecule has 1 aromatic rings. The second kappa shape index (κ2) is 6.15. The average Bonchev–Trinajstić information content (AvgIpc) is 2.37. The highest BCUT2D eigenvalue weighted by Gasteiger charge is 2.28. The molecule has 0 aromatic heterocycles. The second-order valence-electron chi connectivity index (χ2n) is 5.36. The summed E-state index contributed by atoms with van der Waals surface area (Å²) in [4.78, 5) is 11.4. The van der Waals surface area contributed by atoms with Gasteiger partial charge in [-0.2, -0.15) is 0 Å². The van der Waals surface area contributed by atoms with Gasteiger partial charge in [0.05, 0.1) is 0 Å². The van der Waals surface area contributed by atoms with E-state index < -0.39 is 17.8 Å². The van der Waals surface area contributed by atoms with Gasteiger partial charge >= 0.3 is 5.97 Å². The van der Waals surface area contributed by atoms with Crippen LogP contribution in [0.25, 0.3) is 0 Å². The number of halogens is 1. The van der Waals surface area contributed by atoms with Crippen molar-refractivity contribution < 1.29 is 14.3 Å². The van der Waals surface area contributed by atoms with E-state index in [9.17, 15) is 14.3 Å². The molecule has 0 spiro atoms. The molecule has 1 fully saturated rings. The van der Waals surface area contributed by atoms with Crippen LogP contribution in [0.2, 0.25) is 0 Å². The van der Waals surface area contributed by atoms with Gasteiger partial charge in [0.2, 0.25) is 0 Å². The summed E-state index contributed by atoms with van der Waals surface area (Å²) in [7, 11) is 0. The Morgan fingerprint density at radius 1 is 1.42 bits per heavy atom. The van der Waals surface area contributed by atoms with Crippen molar-refractivity contribution in [3.05, 3.63) is 35.6 Å². The third kappa shape index (κ3) is 3.53. The second-order valence-corrected chi connectivity index (χ2v) is 5.36. The van der Waals surface area contributed by atoms with Crippen LogP contribution in [0.5, 0.6) is 0 Å². The molecular formula is C15H20FNO2. The highest BCUT2D eigenvalue weighted by atomic mass is 19.1. The highest BCUT2D eigenvalue weighted by molar-refractivity contribution is 5.75. The molecule has 2 N–H and O–H groups in total. The molecule has 1 aliphatic rings. The smallest absolute Gasteiger partial charge is 0.325 e. The molecule has 19 heavy (non-hydrogen) atoms. The number of carbonyl (C=O) groups is 1. The van der Waals surface area contributed by atoms with Crippen molar-refractivity contribution in [1.82, 2.24) is 5.32 Å². The minimum Gasteiger partial charge on any atom is -0.480 e. The molecule has 3 nitrogen and oxygen atoms in total. The third-order valence-electron chi connectivity index (χ3n) is 3.92. The predicted octanol–water partition coefficient (Wildman–Crippen LogP) is 3.12. The van der Waals surface area contributed by atoms with Crippen LogP contribution in [0.4, 0.5) is 4.39 Å². The van der Waals surface area contributed by atoms with Crippen molar-refractivity contribution in [3.8, 4) is 0 Å². The van der Waals surface area contributed by atoms with Gasteiger partial charge in [0, 0.05) is 6.04 Å². The molecule has 0 amide bonds. The lowest BCUT2D eigenvalue weighted by Gasteiger charge is -2.32. The molecule has 1 aliphatic carbocycles. The van der Waals surface area contributed by atoms with E-state index in [1.165, 1.54) is 18.6 Å². The zero-order valence-electron chi connectivity index (χ0n) is 11.1. The van der Waals surface area contributed by atoms with Gasteiger partial charge in [-0.25, -0.2) is 4.39 Å². The summed E-state index contributed by atoms with van der Waals surface area (Å²) in [5.41, 5.74) is 0.477. The van der Waals surface area contributed by atoms with E-state index in [0.29, 0.717) is 11.5 Å². The fraction of sp³-hybridized carbons (Fsp3) is 0.533. The van der Waals surface area contributed by atoms with Crippen molar-refractivity contribution in [1.29, 1.82) is 0 Å². The van der Waals surface area contributed by atoms with Crippen LogP contribution < -0.4 is 5.32 Å². The summed E-state index contributed by atoms with van der Waals surface area (Å²) < 4.78 is 13.2. The maximum Gasteiger partial charge on any atom is 0.325 e. The summed E-state index contributed by atoms with van der Waals surface area (Å²) in [6, 6.07) is 5.18. The number of hydrogen-bond acceptors (Lipinski definition) is 2. The van der Waals surface area contributed by atoms with Crippen LogP contribution in [0.1, 0.15) is 44.2 Å². The maximum absolute atomic E-state index is 13.2. The molecule has 4 heteroatoms. The van der Waals surface area contributed by atoms with Gasteiger partial charge in [0.15, 0.2) is 0 Å². The standard InChI is InChI=1S/C15H20FNO2/c1-10-5-2-3-8-13(10)17-14(15(18)19)11-6-4-7-12(16)9-11/h4,6-7,9-10,13-14,17H,2-3,5,8H2,1H3,(H,18,19). The first-order chi connectivity index (χ1) is 9.08. The van der Waals surface area contributed by atoms with Crippen LogP contribution >= 0.6 is 0 Å². The van der Waals surface area contributed by atoms with E-state index in [1.807, 2.05) is 0 Å². The zero-order chi connectivity index (χ0) is 13.8. The Bertz CT molecular complexity index is 450. The van der Waals surface area contributed by atoms with Gasteiger partial charge < -0.3 is 5.11 Å². The normalized spacial score (nSPS) is 24.9. The fourth-order valence-corrected chi connectivity index (χ4v) is 2.77. The van der Waals surface area contributed by atoms with E-state index in [0.717, 1.165) is 19.3 Å². The molecule has 0 aliphatic heterocycles. The lowest BCUT2D eigenvalue weighted by atomic mass is 9.85. The van der Waals surface area contributed by atoms with E-state index in [-0.39, 0.29) is 6.04 Å².